The van der Waals surface area contributed by atoms with Crippen LogP contribution in [-0.2, 0) is 6.42 Å². The van der Waals surface area contributed by atoms with Crippen molar-refractivity contribution < 1.29 is 0 Å². The molecule has 1 aliphatic rings. The van der Waals surface area contributed by atoms with Crippen molar-refractivity contribution >= 4 is 0 Å². The fourth-order valence-electron chi connectivity index (χ4n) is 2.70. The van der Waals surface area contributed by atoms with E-state index in [9.17, 15) is 0 Å². The van der Waals surface area contributed by atoms with Crippen LogP contribution in [0.3, 0.4) is 0 Å². The Labute approximate surface area is 123 Å². The Morgan fingerprint density at radius 1 is 1.30 bits per heavy atom. The summed E-state index contributed by atoms with van der Waals surface area (Å²) < 4.78 is 0. The van der Waals surface area contributed by atoms with Gasteiger partial charge in [-0.15, -0.1) is 0 Å². The molecule has 3 nitrogen and oxygen atoms in total. The van der Waals surface area contributed by atoms with Gasteiger partial charge in [-0.3, -0.25) is 4.98 Å². The van der Waals surface area contributed by atoms with Crippen LogP contribution in [0.1, 0.15) is 39.2 Å². The number of likely N-dealkylation sites (tertiary alicyclic amines) is 1. The molecule has 0 aliphatic carbocycles. The van der Waals surface area contributed by atoms with Crippen LogP contribution in [0.2, 0.25) is 0 Å². The maximum absolute atomic E-state index is 4.18. The van der Waals surface area contributed by atoms with E-state index in [4.69, 9.17) is 0 Å². The number of piperidine rings is 1. The largest absolute Gasteiger partial charge is 0.312 e. The summed E-state index contributed by atoms with van der Waals surface area (Å²) in [6.07, 6.45) is 7.61. The van der Waals surface area contributed by atoms with E-state index in [1.54, 1.807) is 0 Å². The number of hydrogen-bond acceptors (Lipinski definition) is 3. The molecule has 0 bridgehead atoms. The van der Waals surface area contributed by atoms with Gasteiger partial charge >= 0.3 is 0 Å². The minimum Gasteiger partial charge on any atom is -0.312 e. The zero-order valence-corrected chi connectivity index (χ0v) is 13.2. The van der Waals surface area contributed by atoms with Gasteiger partial charge in [-0.2, -0.15) is 0 Å². The lowest BCUT2D eigenvalue weighted by molar-refractivity contribution is 0.178. The summed E-state index contributed by atoms with van der Waals surface area (Å²) >= 11 is 0. The second-order valence-electron chi connectivity index (χ2n) is 7.03. The zero-order valence-electron chi connectivity index (χ0n) is 13.2. The predicted molar refractivity (Wildman–Crippen MR) is 84.9 cm³/mol. The van der Waals surface area contributed by atoms with Crippen LogP contribution in [0.4, 0.5) is 0 Å². The average Bonchev–Trinajstić information content (AvgIpc) is 2.44. The Hall–Kier alpha value is -0.930. The summed E-state index contributed by atoms with van der Waals surface area (Å²) in [7, 11) is 0. The van der Waals surface area contributed by atoms with E-state index in [2.05, 4.69) is 42.0 Å². The van der Waals surface area contributed by atoms with Crippen molar-refractivity contribution in [1.82, 2.24) is 15.2 Å². The van der Waals surface area contributed by atoms with Gasteiger partial charge in [-0.25, -0.2) is 0 Å². The predicted octanol–water partition coefficient (Wildman–Crippen LogP) is 2.72. The monoisotopic (exact) mass is 275 g/mol. The molecule has 0 amide bonds. The van der Waals surface area contributed by atoms with Crippen molar-refractivity contribution in [3.8, 4) is 0 Å². The Bertz CT molecular complexity index is 375. The van der Waals surface area contributed by atoms with E-state index in [-0.39, 0.29) is 5.54 Å². The van der Waals surface area contributed by atoms with Crippen LogP contribution in [0, 0.1) is 5.92 Å². The van der Waals surface area contributed by atoms with Crippen LogP contribution in [-0.4, -0.2) is 41.6 Å². The lowest BCUT2D eigenvalue weighted by Gasteiger charge is -2.33. The Morgan fingerprint density at radius 3 is 2.65 bits per heavy atom. The maximum Gasteiger partial charge on any atom is 0.0300 e. The van der Waals surface area contributed by atoms with Gasteiger partial charge in [0.25, 0.3) is 0 Å². The normalized spacial score (nSPS) is 18.4. The van der Waals surface area contributed by atoms with Crippen molar-refractivity contribution in [2.45, 2.75) is 45.6 Å². The third kappa shape index (κ3) is 5.59. The number of nitrogens with one attached hydrogen (secondary N) is 1. The summed E-state index contributed by atoms with van der Waals surface area (Å²) in [5.41, 5.74) is 1.60. The standard InChI is InChI=1S/C17H29N3/c1-17(2,3)19-14-16-7-11-20(12-8-16)10-6-15-5-4-9-18-13-15/h4-5,9,13,16,19H,6-8,10-12,14H2,1-3H3. The number of aromatic nitrogens is 1. The fourth-order valence-corrected chi connectivity index (χ4v) is 2.70. The lowest BCUT2D eigenvalue weighted by Crippen LogP contribution is -2.43. The third-order valence-corrected chi connectivity index (χ3v) is 4.07. The fraction of sp³-hybridized carbons (Fsp3) is 0.706. The zero-order chi connectivity index (χ0) is 14.4. The second kappa shape index (κ2) is 7.19. The first-order valence-electron chi connectivity index (χ1n) is 7.89. The van der Waals surface area contributed by atoms with E-state index >= 15 is 0 Å². The number of hydrogen-bond donors (Lipinski definition) is 1. The van der Waals surface area contributed by atoms with Gasteiger partial charge in [0, 0.05) is 24.5 Å². The molecule has 1 fully saturated rings. The Kier molecular flexibility index (Phi) is 5.55. The highest BCUT2D eigenvalue weighted by molar-refractivity contribution is 5.08. The molecule has 1 aromatic rings. The average molecular weight is 275 g/mol. The van der Waals surface area contributed by atoms with E-state index in [0.29, 0.717) is 0 Å². The van der Waals surface area contributed by atoms with Gasteiger partial charge in [-0.1, -0.05) is 6.07 Å². The molecule has 1 saturated heterocycles. The van der Waals surface area contributed by atoms with Gasteiger partial charge in [0.15, 0.2) is 0 Å². The molecule has 2 rings (SSSR count). The highest BCUT2D eigenvalue weighted by Crippen LogP contribution is 2.17. The Balaban J connectivity index is 1.64. The van der Waals surface area contributed by atoms with Gasteiger partial charge < -0.3 is 10.2 Å². The molecule has 1 N–H and O–H groups in total. The molecule has 112 valence electrons. The summed E-state index contributed by atoms with van der Waals surface area (Å²) in [6, 6.07) is 4.20. The van der Waals surface area contributed by atoms with E-state index in [1.807, 2.05) is 18.5 Å². The number of pyridine rings is 1. The molecule has 0 unspecified atom stereocenters. The molecule has 2 heterocycles. The van der Waals surface area contributed by atoms with Crippen LogP contribution >= 0.6 is 0 Å². The molecular formula is C17H29N3. The quantitative estimate of drug-likeness (QED) is 0.895. The highest BCUT2D eigenvalue weighted by Gasteiger charge is 2.20. The van der Waals surface area contributed by atoms with Crippen molar-refractivity contribution in [3.63, 3.8) is 0 Å². The first-order chi connectivity index (χ1) is 9.53. The summed E-state index contributed by atoms with van der Waals surface area (Å²) in [5.74, 6) is 0.851. The molecule has 0 aromatic carbocycles. The van der Waals surface area contributed by atoms with Crippen molar-refractivity contribution in [1.29, 1.82) is 0 Å². The minimum absolute atomic E-state index is 0.247. The highest BCUT2D eigenvalue weighted by atomic mass is 15.1. The molecule has 0 atom stereocenters. The summed E-state index contributed by atoms with van der Waals surface area (Å²) in [4.78, 5) is 6.78. The number of nitrogens with zero attached hydrogens (tertiary/aromatic N) is 2. The molecule has 0 radical (unpaired) electrons. The molecule has 1 aromatic heterocycles. The van der Waals surface area contributed by atoms with Crippen LogP contribution in [0.5, 0.6) is 0 Å². The molecular weight excluding hydrogens is 246 g/mol. The minimum atomic E-state index is 0.247. The van der Waals surface area contributed by atoms with Gasteiger partial charge in [0.1, 0.15) is 0 Å². The van der Waals surface area contributed by atoms with E-state index in [1.165, 1.54) is 44.6 Å². The molecule has 1 aliphatic heterocycles. The maximum atomic E-state index is 4.18. The first-order valence-corrected chi connectivity index (χ1v) is 7.89. The van der Waals surface area contributed by atoms with E-state index < -0.39 is 0 Å². The number of rotatable bonds is 5. The summed E-state index contributed by atoms with van der Waals surface area (Å²) in [6.45, 7) is 11.6. The molecule has 0 saturated carbocycles. The van der Waals surface area contributed by atoms with Gasteiger partial charge in [0.05, 0.1) is 0 Å². The van der Waals surface area contributed by atoms with Crippen molar-refractivity contribution in [2.75, 3.05) is 26.2 Å². The van der Waals surface area contributed by atoms with Gasteiger partial charge in [0.2, 0.25) is 0 Å². The van der Waals surface area contributed by atoms with Crippen LogP contribution < -0.4 is 5.32 Å². The summed E-state index contributed by atoms with van der Waals surface area (Å²) in [5, 5.41) is 3.64. The van der Waals surface area contributed by atoms with Crippen LogP contribution in [0.25, 0.3) is 0 Å². The van der Waals surface area contributed by atoms with Gasteiger partial charge in [-0.05, 0) is 77.2 Å². The lowest BCUT2D eigenvalue weighted by atomic mass is 9.95. The topological polar surface area (TPSA) is 28.2 Å². The SMILES string of the molecule is CC(C)(C)NCC1CCN(CCc2cccnc2)CC1. The Morgan fingerprint density at radius 2 is 2.05 bits per heavy atom. The third-order valence-electron chi connectivity index (χ3n) is 4.07. The second-order valence-corrected chi connectivity index (χ2v) is 7.03. The van der Waals surface area contributed by atoms with Crippen molar-refractivity contribution in [2.24, 2.45) is 5.92 Å². The molecule has 0 spiro atoms. The molecule has 20 heavy (non-hydrogen) atoms. The van der Waals surface area contributed by atoms with Crippen LogP contribution in [0.15, 0.2) is 24.5 Å². The molecule has 3 heteroatoms. The van der Waals surface area contributed by atoms with Crippen molar-refractivity contribution in [3.05, 3.63) is 30.1 Å². The smallest absolute Gasteiger partial charge is 0.0300 e. The first kappa shape index (κ1) is 15.5. The van der Waals surface area contributed by atoms with E-state index in [0.717, 1.165) is 12.3 Å².